The highest BCUT2D eigenvalue weighted by atomic mass is 32.2. The monoisotopic (exact) mass is 292 g/mol. The van der Waals surface area contributed by atoms with Gasteiger partial charge < -0.3 is 5.11 Å². The fraction of sp³-hybridized carbons (Fsp3) is 0.214. The first-order valence-corrected chi connectivity index (χ1v) is 7.76. The van der Waals surface area contributed by atoms with Crippen LogP contribution in [0.15, 0.2) is 42.6 Å². The predicted molar refractivity (Wildman–Crippen MR) is 77.6 cm³/mol. The van der Waals surface area contributed by atoms with E-state index >= 15 is 0 Å². The van der Waals surface area contributed by atoms with Gasteiger partial charge in [-0.1, -0.05) is 24.3 Å². The van der Waals surface area contributed by atoms with Crippen LogP contribution in [0.2, 0.25) is 0 Å². The van der Waals surface area contributed by atoms with E-state index in [0.29, 0.717) is 22.5 Å². The summed E-state index contributed by atoms with van der Waals surface area (Å²) >= 11 is 0. The lowest BCUT2D eigenvalue weighted by molar-refractivity contribution is 0.282. The van der Waals surface area contributed by atoms with E-state index in [-0.39, 0.29) is 12.4 Å². The van der Waals surface area contributed by atoms with Gasteiger partial charge in [-0.25, -0.2) is 8.42 Å². The summed E-state index contributed by atoms with van der Waals surface area (Å²) in [5.41, 5.74) is 2.42. The van der Waals surface area contributed by atoms with Crippen molar-refractivity contribution in [3.05, 3.63) is 59.4 Å². The topological polar surface area (TPSA) is 79.3 Å². The summed E-state index contributed by atoms with van der Waals surface area (Å²) in [4.78, 5) is 4.04. The molecule has 6 heteroatoms. The smallest absolute Gasteiger partial charge is 0.236 e. The Morgan fingerprint density at radius 3 is 2.65 bits per heavy atom. The number of hydrogen-bond acceptors (Lipinski definition) is 4. The molecule has 0 bridgehead atoms. The molecule has 106 valence electrons. The minimum Gasteiger partial charge on any atom is -0.392 e. The molecule has 2 rings (SSSR count). The molecular formula is C14H16N2O3S. The second-order valence-electron chi connectivity index (χ2n) is 4.48. The van der Waals surface area contributed by atoms with Gasteiger partial charge in [-0.2, -0.15) is 0 Å². The average Bonchev–Trinajstić information content (AvgIpc) is 2.41. The zero-order valence-electron chi connectivity index (χ0n) is 11.1. The van der Waals surface area contributed by atoms with Crippen molar-refractivity contribution in [2.75, 3.05) is 4.72 Å². The third-order valence-electron chi connectivity index (χ3n) is 2.80. The van der Waals surface area contributed by atoms with Gasteiger partial charge in [0.05, 0.1) is 23.7 Å². The highest BCUT2D eigenvalue weighted by Gasteiger charge is 2.13. The quantitative estimate of drug-likeness (QED) is 0.881. The van der Waals surface area contributed by atoms with Crippen molar-refractivity contribution in [2.45, 2.75) is 19.3 Å². The zero-order valence-corrected chi connectivity index (χ0v) is 11.9. The van der Waals surface area contributed by atoms with Gasteiger partial charge in [0.2, 0.25) is 10.0 Å². The highest BCUT2D eigenvalue weighted by molar-refractivity contribution is 7.91. The Hall–Kier alpha value is -1.92. The maximum Gasteiger partial charge on any atom is 0.236 e. The first-order chi connectivity index (χ1) is 9.50. The number of nitrogens with one attached hydrogen (secondary N) is 1. The van der Waals surface area contributed by atoms with E-state index in [9.17, 15) is 8.42 Å². The van der Waals surface area contributed by atoms with Crippen molar-refractivity contribution in [1.82, 2.24) is 4.98 Å². The fourth-order valence-corrected chi connectivity index (χ4v) is 3.07. The Morgan fingerprint density at radius 2 is 1.95 bits per heavy atom. The van der Waals surface area contributed by atoms with Crippen LogP contribution in [0.3, 0.4) is 0 Å². The molecular weight excluding hydrogens is 276 g/mol. The number of pyridine rings is 1. The van der Waals surface area contributed by atoms with Crippen molar-refractivity contribution in [1.29, 1.82) is 0 Å². The lowest BCUT2D eigenvalue weighted by Crippen LogP contribution is -2.16. The number of hydrogen-bond donors (Lipinski definition) is 2. The number of aromatic nitrogens is 1. The van der Waals surface area contributed by atoms with E-state index < -0.39 is 10.0 Å². The number of aryl methyl sites for hydroxylation is 1. The van der Waals surface area contributed by atoms with Crippen LogP contribution in [0.25, 0.3) is 0 Å². The molecule has 1 aromatic carbocycles. The van der Waals surface area contributed by atoms with Crippen molar-refractivity contribution < 1.29 is 13.5 Å². The lowest BCUT2D eigenvalue weighted by atomic mass is 10.1. The minimum atomic E-state index is -3.51. The van der Waals surface area contributed by atoms with Gasteiger partial charge in [-0.3, -0.25) is 9.71 Å². The number of aliphatic hydroxyl groups excluding tert-OH is 1. The Balaban J connectivity index is 2.17. The number of rotatable bonds is 5. The van der Waals surface area contributed by atoms with E-state index in [1.54, 1.807) is 49.5 Å². The van der Waals surface area contributed by atoms with Gasteiger partial charge >= 0.3 is 0 Å². The lowest BCUT2D eigenvalue weighted by Gasteiger charge is -2.10. The molecule has 0 amide bonds. The van der Waals surface area contributed by atoms with Crippen LogP contribution in [-0.4, -0.2) is 18.5 Å². The number of sulfonamides is 1. The van der Waals surface area contributed by atoms with Crippen molar-refractivity contribution in [2.24, 2.45) is 0 Å². The van der Waals surface area contributed by atoms with Gasteiger partial charge in [0.15, 0.2) is 0 Å². The summed E-state index contributed by atoms with van der Waals surface area (Å²) in [6.07, 6.45) is 1.61. The standard InChI is InChI=1S/C14H16N2O3S/c1-11-14(6-3-7-15-11)16-20(18,19)10-13-5-2-4-12(8-13)9-17/h2-8,16-17H,9-10H2,1H3. The molecule has 0 aliphatic heterocycles. The molecule has 0 unspecified atom stereocenters. The Bertz CT molecular complexity index is 699. The molecule has 2 N–H and O–H groups in total. The number of nitrogens with zero attached hydrogens (tertiary/aromatic N) is 1. The zero-order chi connectivity index (χ0) is 14.6. The summed E-state index contributed by atoms with van der Waals surface area (Å²) in [5, 5.41) is 9.06. The largest absolute Gasteiger partial charge is 0.392 e. The van der Waals surface area contributed by atoms with E-state index in [1.807, 2.05) is 0 Å². The normalized spacial score (nSPS) is 11.3. The Kier molecular flexibility index (Phi) is 4.36. The van der Waals surface area contributed by atoms with Crippen LogP contribution >= 0.6 is 0 Å². The third-order valence-corrected chi connectivity index (χ3v) is 4.05. The van der Waals surface area contributed by atoms with Crippen LogP contribution < -0.4 is 4.72 Å². The van der Waals surface area contributed by atoms with Crippen LogP contribution in [-0.2, 0) is 22.4 Å². The third kappa shape index (κ3) is 3.79. The molecule has 1 aromatic heterocycles. The number of benzene rings is 1. The van der Waals surface area contributed by atoms with Crippen LogP contribution in [0.1, 0.15) is 16.8 Å². The molecule has 20 heavy (non-hydrogen) atoms. The van der Waals surface area contributed by atoms with Crippen LogP contribution in [0.5, 0.6) is 0 Å². The SMILES string of the molecule is Cc1ncccc1NS(=O)(=O)Cc1cccc(CO)c1. The summed E-state index contributed by atoms with van der Waals surface area (Å²) in [7, 11) is -3.51. The molecule has 0 spiro atoms. The molecule has 0 saturated heterocycles. The van der Waals surface area contributed by atoms with Crippen LogP contribution in [0.4, 0.5) is 5.69 Å². The molecule has 0 radical (unpaired) electrons. The van der Waals surface area contributed by atoms with Gasteiger partial charge in [0.1, 0.15) is 0 Å². The molecule has 2 aromatic rings. The predicted octanol–water partition coefficient (Wildman–Crippen LogP) is 1.82. The van der Waals surface area contributed by atoms with Crippen molar-refractivity contribution in [3.8, 4) is 0 Å². The van der Waals surface area contributed by atoms with Crippen LogP contribution in [0, 0.1) is 6.92 Å². The minimum absolute atomic E-state index is 0.108. The Morgan fingerprint density at radius 1 is 1.20 bits per heavy atom. The first-order valence-electron chi connectivity index (χ1n) is 6.11. The molecule has 0 aliphatic rings. The Labute approximate surface area is 118 Å². The molecule has 0 atom stereocenters. The van der Waals surface area contributed by atoms with E-state index in [0.717, 1.165) is 0 Å². The second kappa shape index (κ2) is 6.02. The van der Waals surface area contributed by atoms with E-state index in [1.165, 1.54) is 0 Å². The maximum absolute atomic E-state index is 12.1. The molecule has 5 nitrogen and oxygen atoms in total. The van der Waals surface area contributed by atoms with Crippen molar-refractivity contribution >= 4 is 15.7 Å². The molecule has 1 heterocycles. The summed E-state index contributed by atoms with van der Waals surface area (Å²) in [5.74, 6) is -0.144. The summed E-state index contributed by atoms with van der Waals surface area (Å²) in [6.45, 7) is 1.63. The van der Waals surface area contributed by atoms with Gasteiger partial charge in [0.25, 0.3) is 0 Å². The fourth-order valence-electron chi connectivity index (χ4n) is 1.83. The summed E-state index contributed by atoms with van der Waals surface area (Å²) in [6, 6.07) is 10.2. The molecule has 0 fully saturated rings. The summed E-state index contributed by atoms with van der Waals surface area (Å²) < 4.78 is 26.8. The van der Waals surface area contributed by atoms with Gasteiger partial charge in [-0.05, 0) is 30.2 Å². The van der Waals surface area contributed by atoms with E-state index in [4.69, 9.17) is 5.11 Å². The number of anilines is 1. The number of aliphatic hydroxyl groups is 1. The molecule has 0 aliphatic carbocycles. The molecule has 0 saturated carbocycles. The van der Waals surface area contributed by atoms with Crippen molar-refractivity contribution in [3.63, 3.8) is 0 Å². The highest BCUT2D eigenvalue weighted by Crippen LogP contribution is 2.15. The average molecular weight is 292 g/mol. The van der Waals surface area contributed by atoms with Gasteiger partial charge in [0, 0.05) is 6.20 Å². The first kappa shape index (κ1) is 14.5. The van der Waals surface area contributed by atoms with E-state index in [2.05, 4.69) is 9.71 Å². The van der Waals surface area contributed by atoms with Gasteiger partial charge in [-0.15, -0.1) is 0 Å². The second-order valence-corrected chi connectivity index (χ2v) is 6.20. The maximum atomic E-state index is 12.1.